The lowest BCUT2D eigenvalue weighted by Crippen LogP contribution is -2.41. The van der Waals surface area contributed by atoms with Gasteiger partial charge in [-0.2, -0.15) is 0 Å². The summed E-state index contributed by atoms with van der Waals surface area (Å²) in [5.74, 6) is 0.697. The average Bonchev–Trinajstić information content (AvgIpc) is 2.74. The largest absolute Gasteiger partial charge is 0.370 e. The van der Waals surface area contributed by atoms with Gasteiger partial charge >= 0.3 is 0 Å². The van der Waals surface area contributed by atoms with Crippen LogP contribution < -0.4 is 11.1 Å². The minimum Gasteiger partial charge on any atom is -0.370 e. The molecule has 0 aliphatic heterocycles. The molecule has 0 unspecified atom stereocenters. The van der Waals surface area contributed by atoms with Crippen LogP contribution in [0.15, 0.2) is 4.99 Å². The first kappa shape index (κ1) is 12.7. The van der Waals surface area contributed by atoms with Crippen LogP contribution in [0.2, 0.25) is 0 Å². The molecule has 2 fully saturated rings. The monoisotopic (exact) mass is 237 g/mol. The molecule has 3 nitrogen and oxygen atoms in total. The molecule has 17 heavy (non-hydrogen) atoms. The van der Waals surface area contributed by atoms with Gasteiger partial charge in [0.05, 0.1) is 6.04 Å². The zero-order valence-electron chi connectivity index (χ0n) is 11.0. The lowest BCUT2D eigenvalue weighted by atomic mass is 9.97. The van der Waals surface area contributed by atoms with Crippen molar-refractivity contribution in [3.05, 3.63) is 0 Å². The third kappa shape index (κ3) is 4.57. The van der Waals surface area contributed by atoms with Gasteiger partial charge in [0, 0.05) is 6.04 Å². The summed E-state index contributed by atoms with van der Waals surface area (Å²) < 4.78 is 0. The van der Waals surface area contributed by atoms with Gasteiger partial charge < -0.3 is 11.1 Å². The van der Waals surface area contributed by atoms with E-state index in [0.717, 1.165) is 0 Å². The highest BCUT2D eigenvalue weighted by Crippen LogP contribution is 2.21. The third-order valence-corrected chi connectivity index (χ3v) is 4.10. The third-order valence-electron chi connectivity index (χ3n) is 4.10. The van der Waals surface area contributed by atoms with Crippen molar-refractivity contribution in [1.29, 1.82) is 0 Å². The van der Waals surface area contributed by atoms with E-state index in [2.05, 4.69) is 10.3 Å². The number of aliphatic imine (C=N–C) groups is 1. The number of nitrogens with one attached hydrogen (secondary N) is 1. The van der Waals surface area contributed by atoms with Crippen molar-refractivity contribution in [1.82, 2.24) is 5.32 Å². The fraction of sp³-hybridized carbons (Fsp3) is 0.929. The Balaban J connectivity index is 1.76. The Morgan fingerprint density at radius 1 is 0.824 bits per heavy atom. The Morgan fingerprint density at radius 2 is 1.35 bits per heavy atom. The summed E-state index contributed by atoms with van der Waals surface area (Å²) >= 11 is 0. The molecule has 0 aromatic rings. The molecule has 2 saturated carbocycles. The minimum atomic E-state index is 0.496. The zero-order valence-corrected chi connectivity index (χ0v) is 11.0. The van der Waals surface area contributed by atoms with Gasteiger partial charge in [-0.3, -0.25) is 4.99 Å². The predicted octanol–water partition coefficient (Wildman–Crippen LogP) is 2.95. The van der Waals surface area contributed by atoms with Crippen molar-refractivity contribution in [3.8, 4) is 0 Å². The summed E-state index contributed by atoms with van der Waals surface area (Å²) in [5, 5.41) is 3.44. The highest BCUT2D eigenvalue weighted by atomic mass is 15.1. The molecule has 3 heteroatoms. The summed E-state index contributed by atoms with van der Waals surface area (Å²) in [6.45, 7) is 0. The van der Waals surface area contributed by atoms with Gasteiger partial charge in [0.2, 0.25) is 0 Å². The minimum absolute atomic E-state index is 0.496. The van der Waals surface area contributed by atoms with Gasteiger partial charge in [-0.05, 0) is 25.7 Å². The summed E-state index contributed by atoms with van der Waals surface area (Å²) in [7, 11) is 0. The van der Waals surface area contributed by atoms with Crippen LogP contribution in [0.5, 0.6) is 0 Å². The molecule has 0 atom stereocenters. The highest BCUT2D eigenvalue weighted by Gasteiger charge is 2.15. The van der Waals surface area contributed by atoms with Crippen molar-refractivity contribution < 1.29 is 0 Å². The van der Waals surface area contributed by atoms with Crippen LogP contribution in [0.4, 0.5) is 0 Å². The molecule has 0 radical (unpaired) electrons. The number of nitrogens with two attached hydrogens (primary N) is 1. The molecule has 0 spiro atoms. The summed E-state index contributed by atoms with van der Waals surface area (Å²) in [6.07, 6.45) is 14.5. The molecule has 0 bridgehead atoms. The maximum Gasteiger partial charge on any atom is 0.189 e. The lowest BCUT2D eigenvalue weighted by Gasteiger charge is -2.21. The number of hydrogen-bond donors (Lipinski definition) is 2. The second kappa shape index (κ2) is 6.87. The van der Waals surface area contributed by atoms with Crippen LogP contribution in [0.3, 0.4) is 0 Å². The molecular formula is C14H27N3. The number of nitrogens with zero attached hydrogens (tertiary/aromatic N) is 1. The van der Waals surface area contributed by atoms with E-state index in [-0.39, 0.29) is 0 Å². The second-order valence-electron chi connectivity index (χ2n) is 5.64. The summed E-state index contributed by atoms with van der Waals surface area (Å²) in [5.41, 5.74) is 6.01. The van der Waals surface area contributed by atoms with Gasteiger partial charge in [-0.25, -0.2) is 0 Å². The maximum atomic E-state index is 6.01. The van der Waals surface area contributed by atoms with E-state index >= 15 is 0 Å². The van der Waals surface area contributed by atoms with Gasteiger partial charge in [0.15, 0.2) is 5.96 Å². The van der Waals surface area contributed by atoms with Gasteiger partial charge in [0.25, 0.3) is 0 Å². The van der Waals surface area contributed by atoms with Crippen molar-refractivity contribution >= 4 is 5.96 Å². The molecule has 0 saturated heterocycles. The molecule has 0 aromatic heterocycles. The smallest absolute Gasteiger partial charge is 0.189 e. The van der Waals surface area contributed by atoms with Crippen LogP contribution in [0, 0.1) is 0 Å². The highest BCUT2D eigenvalue weighted by molar-refractivity contribution is 5.78. The average molecular weight is 237 g/mol. The number of rotatable bonds is 2. The molecule has 3 N–H and O–H groups in total. The first-order chi connectivity index (χ1) is 8.34. The van der Waals surface area contributed by atoms with Crippen LogP contribution in [-0.2, 0) is 0 Å². The first-order valence-electron chi connectivity index (χ1n) is 7.44. The van der Waals surface area contributed by atoms with E-state index in [1.165, 1.54) is 70.6 Å². The van der Waals surface area contributed by atoms with Crippen molar-refractivity contribution in [2.24, 2.45) is 10.7 Å². The standard InChI is InChI=1S/C14H27N3/c15-14(17-13-10-6-7-11-13)16-12-8-4-2-1-3-5-9-12/h12-13H,1-11H2,(H3,15,16,17). The Kier molecular flexibility index (Phi) is 5.14. The van der Waals surface area contributed by atoms with Crippen molar-refractivity contribution in [2.75, 3.05) is 0 Å². The Bertz CT molecular complexity index is 236. The maximum absolute atomic E-state index is 6.01. The molecule has 98 valence electrons. The van der Waals surface area contributed by atoms with Crippen molar-refractivity contribution in [2.45, 2.75) is 82.7 Å². The Labute approximate surface area is 105 Å². The van der Waals surface area contributed by atoms with Crippen LogP contribution >= 0.6 is 0 Å². The van der Waals surface area contributed by atoms with E-state index in [9.17, 15) is 0 Å². The van der Waals surface area contributed by atoms with E-state index in [0.29, 0.717) is 18.0 Å². The van der Waals surface area contributed by atoms with Gasteiger partial charge in [-0.1, -0.05) is 44.9 Å². The van der Waals surface area contributed by atoms with E-state index in [1.807, 2.05) is 0 Å². The Hall–Kier alpha value is -0.730. The molecular weight excluding hydrogens is 210 g/mol. The van der Waals surface area contributed by atoms with Gasteiger partial charge in [0.1, 0.15) is 0 Å². The predicted molar refractivity (Wildman–Crippen MR) is 73.1 cm³/mol. The molecule has 2 aliphatic carbocycles. The van der Waals surface area contributed by atoms with Crippen molar-refractivity contribution in [3.63, 3.8) is 0 Å². The van der Waals surface area contributed by atoms with Gasteiger partial charge in [-0.15, -0.1) is 0 Å². The summed E-state index contributed by atoms with van der Waals surface area (Å²) in [6, 6.07) is 1.07. The number of guanidine groups is 1. The van der Waals surface area contributed by atoms with Crippen LogP contribution in [-0.4, -0.2) is 18.0 Å². The fourth-order valence-corrected chi connectivity index (χ4v) is 3.08. The molecule has 2 aliphatic rings. The summed E-state index contributed by atoms with van der Waals surface area (Å²) in [4.78, 5) is 4.61. The molecule has 0 heterocycles. The van der Waals surface area contributed by atoms with E-state index in [1.54, 1.807) is 0 Å². The number of hydrogen-bond acceptors (Lipinski definition) is 1. The fourth-order valence-electron chi connectivity index (χ4n) is 3.08. The Morgan fingerprint density at radius 3 is 2.00 bits per heavy atom. The topological polar surface area (TPSA) is 50.4 Å². The normalized spacial score (nSPS) is 25.5. The van der Waals surface area contributed by atoms with E-state index < -0.39 is 0 Å². The molecule has 2 rings (SSSR count). The first-order valence-corrected chi connectivity index (χ1v) is 7.44. The SMILES string of the molecule is NC(=NC1CCCC1)NC1CCCCCCC1. The van der Waals surface area contributed by atoms with Crippen LogP contribution in [0.1, 0.15) is 70.6 Å². The quantitative estimate of drug-likeness (QED) is 0.573. The zero-order chi connectivity index (χ0) is 11.9. The molecule has 0 aromatic carbocycles. The second-order valence-corrected chi connectivity index (χ2v) is 5.64. The van der Waals surface area contributed by atoms with E-state index in [4.69, 9.17) is 5.73 Å². The molecule has 0 amide bonds. The lowest BCUT2D eigenvalue weighted by molar-refractivity contribution is 0.427. The van der Waals surface area contributed by atoms with Crippen LogP contribution in [0.25, 0.3) is 0 Å².